The van der Waals surface area contributed by atoms with Crippen LogP contribution in [0.25, 0.3) is 0 Å². The fourth-order valence-electron chi connectivity index (χ4n) is 3.74. The molecule has 29 heavy (non-hydrogen) atoms. The molecule has 0 saturated carbocycles. The number of ether oxygens (including phenoxy) is 2. The number of hydrogen-bond acceptors (Lipinski definition) is 5. The molecule has 1 aromatic carbocycles. The summed E-state index contributed by atoms with van der Waals surface area (Å²) in [5.41, 5.74) is 1.76. The van der Waals surface area contributed by atoms with Crippen LogP contribution in [0.4, 0.5) is 5.69 Å². The van der Waals surface area contributed by atoms with Gasteiger partial charge in [0, 0.05) is 67.9 Å². The lowest BCUT2D eigenvalue weighted by atomic mass is 10.0. The van der Waals surface area contributed by atoms with Gasteiger partial charge >= 0.3 is 0 Å². The van der Waals surface area contributed by atoms with Crippen molar-refractivity contribution in [2.75, 3.05) is 50.9 Å². The van der Waals surface area contributed by atoms with Crippen molar-refractivity contribution in [1.29, 1.82) is 0 Å². The van der Waals surface area contributed by atoms with Gasteiger partial charge in [0.2, 0.25) is 5.88 Å². The summed E-state index contributed by atoms with van der Waals surface area (Å²) in [5, 5.41) is 0.732. The Morgan fingerprint density at radius 2 is 1.83 bits per heavy atom. The number of halogens is 1. The summed E-state index contributed by atoms with van der Waals surface area (Å²) >= 11 is 5.97. The van der Waals surface area contributed by atoms with Crippen LogP contribution in [-0.4, -0.2) is 61.8 Å². The number of benzene rings is 1. The number of anilines is 1. The summed E-state index contributed by atoms with van der Waals surface area (Å²) in [7, 11) is 0. The van der Waals surface area contributed by atoms with Crippen LogP contribution in [0.2, 0.25) is 5.02 Å². The predicted octanol–water partition coefficient (Wildman–Crippen LogP) is 3.50. The zero-order valence-corrected chi connectivity index (χ0v) is 17.2. The number of amides is 1. The molecule has 0 radical (unpaired) electrons. The molecule has 2 aliphatic heterocycles. The van der Waals surface area contributed by atoms with E-state index < -0.39 is 0 Å². The summed E-state index contributed by atoms with van der Waals surface area (Å²) in [6, 6.07) is 11.3. The van der Waals surface area contributed by atoms with Crippen LogP contribution in [0.5, 0.6) is 5.88 Å². The molecule has 0 aliphatic carbocycles. The largest absolute Gasteiger partial charge is 0.477 e. The van der Waals surface area contributed by atoms with Gasteiger partial charge in [-0.1, -0.05) is 11.6 Å². The average Bonchev–Trinajstić information content (AvgIpc) is 2.79. The number of carbonyl (C=O) groups is 1. The van der Waals surface area contributed by atoms with Crippen molar-refractivity contribution < 1.29 is 14.3 Å². The van der Waals surface area contributed by atoms with Crippen LogP contribution < -0.4 is 9.64 Å². The van der Waals surface area contributed by atoms with Gasteiger partial charge in [-0.25, -0.2) is 4.98 Å². The van der Waals surface area contributed by atoms with Crippen LogP contribution in [0.15, 0.2) is 42.6 Å². The predicted molar refractivity (Wildman–Crippen MR) is 113 cm³/mol. The monoisotopic (exact) mass is 415 g/mol. The minimum atomic E-state index is 0.0269. The van der Waals surface area contributed by atoms with E-state index in [1.165, 1.54) is 0 Å². The van der Waals surface area contributed by atoms with E-state index in [2.05, 4.69) is 9.88 Å². The van der Waals surface area contributed by atoms with Crippen LogP contribution >= 0.6 is 11.6 Å². The first kappa shape index (κ1) is 20.0. The highest BCUT2D eigenvalue weighted by Crippen LogP contribution is 2.21. The first-order chi connectivity index (χ1) is 14.2. The third-order valence-electron chi connectivity index (χ3n) is 5.55. The summed E-state index contributed by atoms with van der Waals surface area (Å²) in [5.74, 6) is 1.03. The van der Waals surface area contributed by atoms with E-state index >= 15 is 0 Å². The van der Waals surface area contributed by atoms with Crippen LogP contribution in [0.3, 0.4) is 0 Å². The minimum absolute atomic E-state index is 0.0269. The summed E-state index contributed by atoms with van der Waals surface area (Å²) in [4.78, 5) is 21.4. The molecule has 3 heterocycles. The highest BCUT2D eigenvalue weighted by Gasteiger charge is 2.23. The van der Waals surface area contributed by atoms with Gasteiger partial charge in [0.15, 0.2) is 0 Å². The number of rotatable bonds is 5. The fourth-order valence-corrected chi connectivity index (χ4v) is 3.87. The number of aromatic nitrogens is 1. The van der Waals surface area contributed by atoms with Gasteiger partial charge in [-0.2, -0.15) is 0 Å². The Hall–Kier alpha value is -2.31. The highest BCUT2D eigenvalue weighted by molar-refractivity contribution is 6.30. The molecule has 0 atom stereocenters. The summed E-state index contributed by atoms with van der Waals surface area (Å²) in [6.07, 6.45) is 3.67. The highest BCUT2D eigenvalue weighted by atomic mass is 35.5. The number of nitrogens with zero attached hydrogens (tertiary/aromatic N) is 3. The molecule has 7 heteroatoms. The Morgan fingerprint density at radius 3 is 2.55 bits per heavy atom. The van der Waals surface area contributed by atoms with Gasteiger partial charge in [-0.05, 0) is 49.1 Å². The molecule has 6 nitrogen and oxygen atoms in total. The molecule has 154 valence electrons. The summed E-state index contributed by atoms with van der Waals surface area (Å²) in [6.45, 7) is 5.17. The lowest BCUT2D eigenvalue weighted by Gasteiger charge is -2.36. The molecule has 0 N–H and O–H groups in total. The number of piperazine rings is 1. The maximum Gasteiger partial charge on any atom is 0.254 e. The summed E-state index contributed by atoms with van der Waals surface area (Å²) < 4.78 is 11.2. The number of carbonyl (C=O) groups excluding carboxylic acids is 1. The van der Waals surface area contributed by atoms with Gasteiger partial charge in [0.05, 0.1) is 6.61 Å². The SMILES string of the molecule is O=C(c1ccnc(OCC2CCOCC2)c1)N1CCN(c2ccc(Cl)cc2)CC1. The van der Waals surface area contributed by atoms with Gasteiger partial charge in [-0.15, -0.1) is 0 Å². The molecule has 0 unspecified atom stereocenters. The lowest BCUT2D eigenvalue weighted by molar-refractivity contribution is 0.0490. The minimum Gasteiger partial charge on any atom is -0.477 e. The van der Waals surface area contributed by atoms with E-state index in [1.807, 2.05) is 29.2 Å². The maximum absolute atomic E-state index is 12.9. The third kappa shape index (κ3) is 5.19. The molecule has 1 aromatic heterocycles. The molecule has 2 fully saturated rings. The van der Waals surface area contributed by atoms with Gasteiger partial charge in [0.25, 0.3) is 5.91 Å². The quantitative estimate of drug-likeness (QED) is 0.748. The molecule has 1 amide bonds. The zero-order valence-electron chi connectivity index (χ0n) is 16.4. The van der Waals surface area contributed by atoms with Crippen LogP contribution in [0, 0.1) is 5.92 Å². The second-order valence-electron chi connectivity index (χ2n) is 7.51. The molecule has 2 aliphatic rings. The molecule has 2 saturated heterocycles. The van der Waals surface area contributed by atoms with E-state index in [-0.39, 0.29) is 5.91 Å². The molecular weight excluding hydrogens is 390 g/mol. The van der Waals surface area contributed by atoms with Crippen molar-refractivity contribution >= 4 is 23.2 Å². The van der Waals surface area contributed by atoms with E-state index in [4.69, 9.17) is 21.1 Å². The van der Waals surface area contributed by atoms with Crippen LogP contribution in [-0.2, 0) is 4.74 Å². The smallest absolute Gasteiger partial charge is 0.254 e. The molecule has 2 aromatic rings. The van der Waals surface area contributed by atoms with Crippen molar-refractivity contribution in [3.63, 3.8) is 0 Å². The Kier molecular flexibility index (Phi) is 6.52. The second-order valence-corrected chi connectivity index (χ2v) is 7.94. The van der Waals surface area contributed by atoms with E-state index in [9.17, 15) is 4.79 Å². The Balaban J connectivity index is 1.32. The van der Waals surface area contributed by atoms with Crippen molar-refractivity contribution in [2.24, 2.45) is 5.92 Å². The average molecular weight is 416 g/mol. The zero-order chi connectivity index (χ0) is 20.1. The first-order valence-corrected chi connectivity index (χ1v) is 10.5. The van der Waals surface area contributed by atoms with Crippen molar-refractivity contribution in [3.8, 4) is 5.88 Å². The molecule has 0 spiro atoms. The van der Waals surface area contributed by atoms with E-state index in [0.717, 1.165) is 49.9 Å². The number of hydrogen-bond donors (Lipinski definition) is 0. The Bertz CT molecular complexity index is 816. The molecular formula is C22H26ClN3O3. The maximum atomic E-state index is 12.9. The van der Waals surface area contributed by atoms with Crippen molar-refractivity contribution in [3.05, 3.63) is 53.2 Å². The Labute approximate surface area is 176 Å². The molecule has 0 bridgehead atoms. The first-order valence-electron chi connectivity index (χ1n) is 10.2. The standard InChI is InChI=1S/C22H26ClN3O3/c23-19-1-3-20(4-2-19)25-9-11-26(12-10-25)22(27)18-5-8-24-21(15-18)29-16-17-6-13-28-14-7-17/h1-5,8,15,17H,6-7,9-14,16H2. The fraction of sp³-hybridized carbons (Fsp3) is 0.455. The third-order valence-corrected chi connectivity index (χ3v) is 5.80. The number of pyridine rings is 1. The van der Waals surface area contributed by atoms with Gasteiger partial charge in [0.1, 0.15) is 0 Å². The van der Waals surface area contributed by atoms with Gasteiger partial charge < -0.3 is 19.3 Å². The second kappa shape index (κ2) is 9.46. The topological polar surface area (TPSA) is 54.9 Å². The van der Waals surface area contributed by atoms with Gasteiger partial charge in [-0.3, -0.25) is 4.79 Å². The normalized spacial score (nSPS) is 18.0. The van der Waals surface area contributed by atoms with E-state index in [1.54, 1.807) is 18.3 Å². The Morgan fingerprint density at radius 1 is 1.10 bits per heavy atom. The molecule has 4 rings (SSSR count). The lowest BCUT2D eigenvalue weighted by Crippen LogP contribution is -2.48. The van der Waals surface area contributed by atoms with Crippen molar-refractivity contribution in [1.82, 2.24) is 9.88 Å². The van der Waals surface area contributed by atoms with E-state index in [0.29, 0.717) is 37.1 Å². The van der Waals surface area contributed by atoms with Crippen LogP contribution in [0.1, 0.15) is 23.2 Å². The van der Waals surface area contributed by atoms with Crippen molar-refractivity contribution in [2.45, 2.75) is 12.8 Å².